The Morgan fingerprint density at radius 1 is 1.38 bits per heavy atom. The third kappa shape index (κ3) is 2.34. The molecule has 76 valence electrons. The summed E-state index contributed by atoms with van der Waals surface area (Å²) in [4.78, 5) is 0. The van der Waals surface area contributed by atoms with Gasteiger partial charge in [-0.2, -0.15) is 0 Å². The monoisotopic (exact) mass is 181 g/mol. The van der Waals surface area contributed by atoms with Crippen molar-refractivity contribution in [3.63, 3.8) is 0 Å². The molecule has 13 heavy (non-hydrogen) atoms. The molecule has 0 unspecified atom stereocenters. The van der Waals surface area contributed by atoms with E-state index in [4.69, 9.17) is 0 Å². The summed E-state index contributed by atoms with van der Waals surface area (Å²) in [7, 11) is 0. The topological polar surface area (TPSA) is 12.0 Å². The first-order valence-corrected chi connectivity index (χ1v) is 5.36. The minimum atomic E-state index is 0.368. The highest BCUT2D eigenvalue weighted by molar-refractivity contribution is 5.23. The van der Waals surface area contributed by atoms with Crippen LogP contribution in [0.3, 0.4) is 0 Å². The second-order valence-electron chi connectivity index (χ2n) is 5.13. The molecule has 0 amide bonds. The van der Waals surface area contributed by atoms with Crippen LogP contribution in [0.15, 0.2) is 11.1 Å². The highest BCUT2D eigenvalue weighted by Crippen LogP contribution is 2.35. The van der Waals surface area contributed by atoms with Crippen LogP contribution in [0, 0.1) is 11.3 Å². The van der Waals surface area contributed by atoms with Crippen LogP contribution >= 0.6 is 0 Å². The van der Waals surface area contributed by atoms with Crippen molar-refractivity contribution in [2.45, 2.75) is 41.0 Å². The van der Waals surface area contributed by atoms with Crippen LogP contribution in [-0.4, -0.2) is 13.1 Å². The Hall–Kier alpha value is -0.300. The molecule has 1 aliphatic rings. The van der Waals surface area contributed by atoms with E-state index in [1.54, 1.807) is 11.1 Å². The second-order valence-corrected chi connectivity index (χ2v) is 5.13. The zero-order chi connectivity index (χ0) is 10.1. The molecule has 0 aromatic heterocycles. The molecule has 1 N–H and O–H groups in total. The Balaban J connectivity index is 2.93. The lowest BCUT2D eigenvalue weighted by molar-refractivity contribution is 0.349. The first-order valence-electron chi connectivity index (χ1n) is 5.36. The van der Waals surface area contributed by atoms with Crippen molar-refractivity contribution >= 4 is 0 Å². The summed E-state index contributed by atoms with van der Waals surface area (Å²) >= 11 is 0. The predicted octanol–water partition coefficient (Wildman–Crippen LogP) is 2.98. The van der Waals surface area contributed by atoms with Gasteiger partial charge in [-0.15, -0.1) is 0 Å². The number of hydrogen-bond acceptors (Lipinski definition) is 1. The van der Waals surface area contributed by atoms with Crippen molar-refractivity contribution in [1.29, 1.82) is 0 Å². The standard InChI is InChI=1S/C12H23N/c1-9(2)10(3)11-6-7-13-8-12(11,4)5/h9,13H,6-8H2,1-5H3/b11-10+. The lowest BCUT2D eigenvalue weighted by Crippen LogP contribution is -2.38. The largest absolute Gasteiger partial charge is 0.316 e. The van der Waals surface area contributed by atoms with Gasteiger partial charge in [-0.25, -0.2) is 0 Å². The van der Waals surface area contributed by atoms with E-state index in [0.29, 0.717) is 11.3 Å². The smallest absolute Gasteiger partial charge is 0.00401 e. The molecule has 0 atom stereocenters. The highest BCUT2D eigenvalue weighted by Gasteiger charge is 2.28. The van der Waals surface area contributed by atoms with Crippen molar-refractivity contribution in [2.75, 3.05) is 13.1 Å². The van der Waals surface area contributed by atoms with Gasteiger partial charge in [-0.3, -0.25) is 0 Å². The highest BCUT2D eigenvalue weighted by atomic mass is 14.9. The molecule has 1 heterocycles. The molecule has 0 saturated carbocycles. The van der Waals surface area contributed by atoms with Gasteiger partial charge in [-0.1, -0.05) is 38.8 Å². The minimum Gasteiger partial charge on any atom is -0.316 e. The average Bonchev–Trinajstić information content (AvgIpc) is 2.02. The molecule has 0 radical (unpaired) electrons. The maximum absolute atomic E-state index is 3.46. The van der Waals surface area contributed by atoms with E-state index in [0.717, 1.165) is 13.1 Å². The van der Waals surface area contributed by atoms with E-state index >= 15 is 0 Å². The SMILES string of the molecule is C/C(=C1/CCNCC1(C)C)C(C)C. The number of allylic oxidation sites excluding steroid dienone is 1. The van der Waals surface area contributed by atoms with Gasteiger partial charge in [0, 0.05) is 6.54 Å². The molecule has 0 aromatic rings. The molecule has 0 aromatic carbocycles. The fourth-order valence-electron chi connectivity index (χ4n) is 2.14. The number of piperidine rings is 1. The summed E-state index contributed by atoms with van der Waals surface area (Å²) in [5.41, 5.74) is 3.65. The lowest BCUT2D eigenvalue weighted by atomic mass is 9.75. The molecule has 0 bridgehead atoms. The molecule has 1 aliphatic heterocycles. The van der Waals surface area contributed by atoms with E-state index in [1.807, 2.05) is 0 Å². The summed E-state index contributed by atoms with van der Waals surface area (Å²) in [6.45, 7) is 13.9. The van der Waals surface area contributed by atoms with Gasteiger partial charge in [0.2, 0.25) is 0 Å². The van der Waals surface area contributed by atoms with Gasteiger partial charge in [0.15, 0.2) is 0 Å². The first-order chi connectivity index (χ1) is 5.95. The number of nitrogens with one attached hydrogen (secondary N) is 1. The van der Waals surface area contributed by atoms with Gasteiger partial charge < -0.3 is 5.32 Å². The summed E-state index contributed by atoms with van der Waals surface area (Å²) in [5, 5.41) is 3.46. The minimum absolute atomic E-state index is 0.368. The Bertz CT molecular complexity index is 211. The van der Waals surface area contributed by atoms with E-state index in [9.17, 15) is 0 Å². The normalized spacial score (nSPS) is 26.3. The molecule has 0 spiro atoms. The van der Waals surface area contributed by atoms with Crippen LogP contribution in [0.5, 0.6) is 0 Å². The van der Waals surface area contributed by atoms with Crippen LogP contribution in [0.2, 0.25) is 0 Å². The van der Waals surface area contributed by atoms with Crippen LogP contribution in [-0.2, 0) is 0 Å². The third-order valence-corrected chi connectivity index (χ3v) is 3.28. The van der Waals surface area contributed by atoms with Crippen molar-refractivity contribution in [2.24, 2.45) is 11.3 Å². The Morgan fingerprint density at radius 2 is 2.00 bits per heavy atom. The third-order valence-electron chi connectivity index (χ3n) is 3.28. The van der Waals surface area contributed by atoms with Gasteiger partial charge in [0.1, 0.15) is 0 Å². The zero-order valence-electron chi connectivity index (χ0n) is 9.70. The molecular formula is C12H23N. The fraction of sp³-hybridized carbons (Fsp3) is 0.833. The number of rotatable bonds is 1. The molecule has 1 heteroatoms. The van der Waals surface area contributed by atoms with E-state index < -0.39 is 0 Å². The molecule has 0 aliphatic carbocycles. The maximum atomic E-state index is 3.46. The van der Waals surface area contributed by atoms with Crippen molar-refractivity contribution in [3.8, 4) is 0 Å². The Kier molecular flexibility index (Phi) is 3.18. The zero-order valence-corrected chi connectivity index (χ0v) is 9.70. The second kappa shape index (κ2) is 3.83. The van der Waals surface area contributed by atoms with Gasteiger partial charge >= 0.3 is 0 Å². The van der Waals surface area contributed by atoms with Crippen LogP contribution in [0.4, 0.5) is 0 Å². The summed E-state index contributed by atoms with van der Waals surface area (Å²) in [6.07, 6.45) is 1.23. The quantitative estimate of drug-likeness (QED) is 0.613. The van der Waals surface area contributed by atoms with Crippen LogP contribution in [0.1, 0.15) is 41.0 Å². The van der Waals surface area contributed by atoms with Gasteiger partial charge in [-0.05, 0) is 31.2 Å². The predicted molar refractivity (Wildman–Crippen MR) is 58.8 cm³/mol. The van der Waals surface area contributed by atoms with E-state index in [-0.39, 0.29) is 0 Å². The lowest BCUT2D eigenvalue weighted by Gasteiger charge is -2.36. The Labute approximate surface area is 82.6 Å². The van der Waals surface area contributed by atoms with Crippen molar-refractivity contribution in [3.05, 3.63) is 11.1 Å². The summed E-state index contributed by atoms with van der Waals surface area (Å²) in [5.74, 6) is 0.701. The summed E-state index contributed by atoms with van der Waals surface area (Å²) in [6, 6.07) is 0. The van der Waals surface area contributed by atoms with Gasteiger partial charge in [0.05, 0.1) is 0 Å². The fourth-order valence-corrected chi connectivity index (χ4v) is 2.14. The Morgan fingerprint density at radius 3 is 2.46 bits per heavy atom. The number of hydrogen-bond donors (Lipinski definition) is 1. The van der Waals surface area contributed by atoms with E-state index in [2.05, 4.69) is 39.9 Å². The van der Waals surface area contributed by atoms with Crippen LogP contribution in [0.25, 0.3) is 0 Å². The maximum Gasteiger partial charge on any atom is 0.00401 e. The van der Waals surface area contributed by atoms with Gasteiger partial charge in [0.25, 0.3) is 0 Å². The van der Waals surface area contributed by atoms with E-state index in [1.165, 1.54) is 6.42 Å². The molecule has 1 saturated heterocycles. The summed E-state index contributed by atoms with van der Waals surface area (Å²) < 4.78 is 0. The average molecular weight is 181 g/mol. The first kappa shape index (κ1) is 10.8. The molecule has 1 rings (SSSR count). The molecule has 1 fully saturated rings. The van der Waals surface area contributed by atoms with Crippen molar-refractivity contribution in [1.82, 2.24) is 5.32 Å². The van der Waals surface area contributed by atoms with Crippen LogP contribution < -0.4 is 5.32 Å². The molecular weight excluding hydrogens is 158 g/mol. The van der Waals surface area contributed by atoms with Crippen molar-refractivity contribution < 1.29 is 0 Å². The molecule has 1 nitrogen and oxygen atoms in total.